The second kappa shape index (κ2) is 19.9. The summed E-state index contributed by atoms with van der Waals surface area (Å²) in [5.41, 5.74) is 5.13. The molecular weight excluding hydrogens is 606 g/mol. The lowest BCUT2D eigenvalue weighted by Crippen LogP contribution is -2.51. The fourth-order valence-electron chi connectivity index (χ4n) is 4.35. The van der Waals surface area contributed by atoms with Gasteiger partial charge in [0.15, 0.2) is 6.04 Å². The number of nitrogens with one attached hydrogen (secondary N) is 2. The fraction of sp³-hybridized carbons (Fsp3) is 0.704. The third kappa shape index (κ3) is 15.8. The Morgan fingerprint density at radius 2 is 1.24 bits per heavy atom. The van der Waals surface area contributed by atoms with Crippen molar-refractivity contribution in [1.29, 1.82) is 0 Å². The molecule has 1 heterocycles. The van der Waals surface area contributed by atoms with Gasteiger partial charge in [-0.1, -0.05) is 0 Å². The molecular formula is C27H43N3O15. The summed E-state index contributed by atoms with van der Waals surface area (Å²) in [5, 5.41) is 31.3. The summed E-state index contributed by atoms with van der Waals surface area (Å²) in [7, 11) is 0. The van der Waals surface area contributed by atoms with E-state index in [0.29, 0.717) is 32.2 Å². The number of ether oxygens (including phenoxy) is 4. The smallest absolute Gasteiger partial charge is 0.330 e. The summed E-state index contributed by atoms with van der Waals surface area (Å²) < 4.78 is 19.2. The molecule has 7 N–H and O–H groups in total. The van der Waals surface area contributed by atoms with Gasteiger partial charge in [0.05, 0.1) is 5.92 Å². The van der Waals surface area contributed by atoms with Crippen molar-refractivity contribution in [2.75, 3.05) is 6.54 Å². The Morgan fingerprint density at radius 3 is 1.69 bits per heavy atom. The number of hydrogen-bond acceptors (Lipinski definition) is 14. The third-order valence-corrected chi connectivity index (χ3v) is 6.38. The van der Waals surface area contributed by atoms with Crippen molar-refractivity contribution < 1.29 is 72.6 Å². The first-order valence-corrected chi connectivity index (χ1v) is 13.9. The second-order valence-electron chi connectivity index (χ2n) is 10.2. The molecule has 1 aliphatic carbocycles. The van der Waals surface area contributed by atoms with Gasteiger partial charge in [-0.3, -0.25) is 33.6 Å². The number of hydrogen-bond donors (Lipinski definition) is 6. The summed E-state index contributed by atoms with van der Waals surface area (Å²) in [6, 6.07) is -3.25. The molecule has 2 aliphatic rings. The molecule has 0 radical (unpaired) electrons. The standard InChI is InChI=1S/C14H21NO7.C7H11NO4.C6H11NO4/c1-7(21-8(2)16)12(14(19)20)15-13(18)10-5-4-6-11(10)22-9(3)17;1-4(9)12-5-2-3-8-6(5)7(10)11;1-3(11-4(2)8)5(7)6(9)10/h7,10-12H,4-6H2,1-3H3,(H,15,18)(H,19,20);5-6,8H,2-3H2,1H3,(H,10,11);3,5H,7H2,1-2H3,(H,9,10)/t7-,10+,11-,12+;5-,6+;3-,5+/m111/s1. The van der Waals surface area contributed by atoms with E-state index < -0.39 is 96.2 Å². The second-order valence-corrected chi connectivity index (χ2v) is 10.2. The molecule has 45 heavy (non-hydrogen) atoms. The minimum Gasteiger partial charge on any atom is -0.480 e. The van der Waals surface area contributed by atoms with E-state index in [1.54, 1.807) is 0 Å². The molecule has 2 rings (SSSR count). The van der Waals surface area contributed by atoms with Crippen LogP contribution in [0.4, 0.5) is 0 Å². The van der Waals surface area contributed by atoms with Crippen LogP contribution in [-0.2, 0) is 57.3 Å². The van der Waals surface area contributed by atoms with Crippen molar-refractivity contribution >= 4 is 47.7 Å². The summed E-state index contributed by atoms with van der Waals surface area (Å²) >= 11 is 0. The molecule has 18 heteroatoms. The minimum atomic E-state index is -1.35. The van der Waals surface area contributed by atoms with E-state index in [0.717, 1.165) is 6.92 Å². The van der Waals surface area contributed by atoms with E-state index in [1.807, 2.05) is 0 Å². The van der Waals surface area contributed by atoms with Crippen molar-refractivity contribution in [2.45, 2.75) is 110 Å². The Balaban J connectivity index is 0.000000710. The molecule has 1 amide bonds. The van der Waals surface area contributed by atoms with Crippen LogP contribution in [-0.4, -0.2) is 112 Å². The van der Waals surface area contributed by atoms with Gasteiger partial charge in [-0.05, 0) is 46.1 Å². The van der Waals surface area contributed by atoms with Crippen LogP contribution in [0, 0.1) is 5.92 Å². The van der Waals surface area contributed by atoms with Gasteiger partial charge in [0, 0.05) is 27.7 Å². The number of esters is 4. The van der Waals surface area contributed by atoms with Crippen molar-refractivity contribution in [1.82, 2.24) is 10.6 Å². The molecule has 1 saturated carbocycles. The Bertz CT molecular complexity index is 1080. The maximum atomic E-state index is 12.2. The van der Waals surface area contributed by atoms with Crippen LogP contribution < -0.4 is 16.4 Å². The van der Waals surface area contributed by atoms with E-state index in [-0.39, 0.29) is 0 Å². The van der Waals surface area contributed by atoms with E-state index in [1.165, 1.54) is 34.6 Å². The van der Waals surface area contributed by atoms with Crippen molar-refractivity contribution in [3.63, 3.8) is 0 Å². The zero-order valence-electron chi connectivity index (χ0n) is 26.0. The van der Waals surface area contributed by atoms with Gasteiger partial charge in [0.2, 0.25) is 5.91 Å². The number of carbonyl (C=O) groups is 8. The van der Waals surface area contributed by atoms with Crippen LogP contribution in [0.2, 0.25) is 0 Å². The largest absolute Gasteiger partial charge is 0.480 e. The monoisotopic (exact) mass is 649 g/mol. The summed E-state index contributed by atoms with van der Waals surface area (Å²) in [6.45, 7) is 8.29. The number of nitrogens with two attached hydrogens (primary N) is 1. The number of carboxylic acid groups (broad SMARTS) is 3. The highest BCUT2D eigenvalue weighted by Crippen LogP contribution is 2.29. The van der Waals surface area contributed by atoms with Gasteiger partial charge in [0.25, 0.3) is 0 Å². The molecule has 18 nitrogen and oxygen atoms in total. The topological polar surface area (TPSA) is 284 Å². The molecule has 0 aromatic rings. The molecule has 8 atom stereocenters. The van der Waals surface area contributed by atoms with Crippen LogP contribution in [0.25, 0.3) is 0 Å². The molecule has 1 saturated heterocycles. The Hall–Kier alpha value is -4.32. The van der Waals surface area contributed by atoms with Gasteiger partial charge >= 0.3 is 41.8 Å². The average molecular weight is 650 g/mol. The van der Waals surface area contributed by atoms with E-state index in [2.05, 4.69) is 15.4 Å². The molecule has 0 aromatic carbocycles. The average Bonchev–Trinajstić information content (AvgIpc) is 3.55. The zero-order chi connectivity index (χ0) is 35.0. The highest BCUT2D eigenvalue weighted by Gasteiger charge is 2.38. The SMILES string of the molecule is CC(=O)O[C@@H]1CCN[C@@H]1C(=O)O.CC(=O)O[C@H](C)[C@H](N)C(=O)O.CC(=O)O[C@H](C)[C@H](NC(=O)[C@H]1CCC[C@H]1OC(C)=O)C(=O)O. The number of amides is 1. The fourth-order valence-corrected chi connectivity index (χ4v) is 4.35. The summed E-state index contributed by atoms with van der Waals surface area (Å²) in [4.78, 5) is 87.0. The number of carboxylic acids is 3. The predicted octanol–water partition coefficient (Wildman–Crippen LogP) is -1.05. The van der Waals surface area contributed by atoms with Gasteiger partial charge < -0.3 is 50.6 Å². The Kier molecular flexibility index (Phi) is 17.9. The Labute approximate surface area is 259 Å². The zero-order valence-corrected chi connectivity index (χ0v) is 26.0. The lowest BCUT2D eigenvalue weighted by molar-refractivity contribution is -0.157. The minimum absolute atomic E-state index is 0.435. The van der Waals surface area contributed by atoms with Gasteiger partial charge in [-0.25, -0.2) is 4.79 Å². The van der Waals surface area contributed by atoms with Crippen LogP contribution in [0.5, 0.6) is 0 Å². The number of rotatable bonds is 11. The maximum absolute atomic E-state index is 12.2. The van der Waals surface area contributed by atoms with Crippen LogP contribution in [0.1, 0.15) is 67.2 Å². The highest BCUT2D eigenvalue weighted by molar-refractivity contribution is 5.86. The quantitative estimate of drug-likeness (QED) is 0.115. The third-order valence-electron chi connectivity index (χ3n) is 6.38. The first kappa shape index (κ1) is 40.7. The van der Waals surface area contributed by atoms with Crippen molar-refractivity contribution in [2.24, 2.45) is 11.7 Å². The van der Waals surface area contributed by atoms with E-state index >= 15 is 0 Å². The molecule has 2 fully saturated rings. The summed E-state index contributed by atoms with van der Waals surface area (Å²) in [5.74, 6) is -6.64. The number of carbonyl (C=O) groups excluding carboxylic acids is 5. The Morgan fingerprint density at radius 1 is 0.733 bits per heavy atom. The van der Waals surface area contributed by atoms with E-state index in [4.69, 9.17) is 35.3 Å². The first-order chi connectivity index (χ1) is 20.8. The molecule has 0 aromatic heterocycles. The van der Waals surface area contributed by atoms with Gasteiger partial charge in [0.1, 0.15) is 36.5 Å². The van der Waals surface area contributed by atoms with Crippen LogP contribution in [0.15, 0.2) is 0 Å². The van der Waals surface area contributed by atoms with Crippen molar-refractivity contribution in [3.05, 3.63) is 0 Å². The highest BCUT2D eigenvalue weighted by atomic mass is 16.6. The van der Waals surface area contributed by atoms with Gasteiger partial charge in [-0.2, -0.15) is 0 Å². The first-order valence-electron chi connectivity index (χ1n) is 13.9. The summed E-state index contributed by atoms with van der Waals surface area (Å²) in [6.07, 6.45) is -0.495. The lowest BCUT2D eigenvalue weighted by atomic mass is 10.0. The predicted molar refractivity (Wildman–Crippen MR) is 150 cm³/mol. The molecule has 0 unspecified atom stereocenters. The molecule has 0 spiro atoms. The number of aliphatic carboxylic acids is 3. The molecule has 256 valence electrons. The molecule has 0 bridgehead atoms. The normalized spacial score (nSPS) is 22.6. The van der Waals surface area contributed by atoms with Gasteiger partial charge in [-0.15, -0.1) is 0 Å². The lowest BCUT2D eigenvalue weighted by Gasteiger charge is -2.24. The van der Waals surface area contributed by atoms with E-state index in [9.17, 15) is 38.4 Å². The van der Waals surface area contributed by atoms with Crippen LogP contribution >= 0.6 is 0 Å². The van der Waals surface area contributed by atoms with Crippen molar-refractivity contribution in [3.8, 4) is 0 Å². The maximum Gasteiger partial charge on any atom is 0.330 e. The molecule has 1 aliphatic heterocycles. The van der Waals surface area contributed by atoms with Crippen LogP contribution in [0.3, 0.4) is 0 Å².